The zero-order valence-corrected chi connectivity index (χ0v) is 15.4. The highest BCUT2D eigenvalue weighted by molar-refractivity contribution is 8.14. The molecular weight excluding hydrogens is 280 g/mol. The molecule has 0 aliphatic rings. The van der Waals surface area contributed by atoms with E-state index in [9.17, 15) is 4.79 Å². The Kier molecular flexibility index (Phi) is 10.8. The van der Waals surface area contributed by atoms with Crippen molar-refractivity contribution in [1.29, 1.82) is 0 Å². The van der Waals surface area contributed by atoms with Crippen LogP contribution in [0.1, 0.15) is 60.3 Å². The Labute approximate surface area is 135 Å². The minimum Gasteiger partial charge on any atom is -0.379 e. The van der Waals surface area contributed by atoms with Gasteiger partial charge >= 0.3 is 0 Å². The number of allylic oxidation sites excluding steroid dienone is 3. The van der Waals surface area contributed by atoms with Gasteiger partial charge in [-0.15, -0.1) is 0 Å². The van der Waals surface area contributed by atoms with Crippen LogP contribution in [0.5, 0.6) is 0 Å². The standard InChI is InChI=1S/C18H32O2S/c1-7-21-17(19)14-16(3)11-8-10-15(2)12-9-13-18(4,5)20-6/h8,11,14-15H,7,9-10,12-13H2,1-6H3/b11-8+,16-14+. The molecule has 3 heteroatoms. The highest BCUT2D eigenvalue weighted by Crippen LogP contribution is 2.20. The van der Waals surface area contributed by atoms with Gasteiger partial charge in [0.2, 0.25) is 5.12 Å². The van der Waals surface area contributed by atoms with Crippen molar-refractivity contribution in [3.63, 3.8) is 0 Å². The number of hydrogen-bond donors (Lipinski definition) is 0. The maximum absolute atomic E-state index is 11.5. The highest BCUT2D eigenvalue weighted by Gasteiger charge is 2.15. The Morgan fingerprint density at radius 3 is 2.62 bits per heavy atom. The minimum atomic E-state index is -0.00775. The smallest absolute Gasteiger partial charge is 0.212 e. The molecule has 1 unspecified atom stereocenters. The fraction of sp³-hybridized carbons (Fsp3) is 0.722. The van der Waals surface area contributed by atoms with Crippen LogP contribution in [-0.4, -0.2) is 23.6 Å². The van der Waals surface area contributed by atoms with E-state index in [1.165, 1.54) is 24.6 Å². The van der Waals surface area contributed by atoms with E-state index >= 15 is 0 Å². The molecule has 0 N–H and O–H groups in total. The molecule has 0 rings (SSSR count). The van der Waals surface area contributed by atoms with Crippen LogP contribution >= 0.6 is 11.8 Å². The van der Waals surface area contributed by atoms with Crippen LogP contribution in [0.2, 0.25) is 0 Å². The molecule has 0 saturated carbocycles. The molecule has 1 atom stereocenters. The van der Waals surface area contributed by atoms with Gasteiger partial charge in [0.05, 0.1) is 5.60 Å². The molecule has 0 bridgehead atoms. The number of methoxy groups -OCH3 is 1. The number of hydrogen-bond acceptors (Lipinski definition) is 3. The molecule has 21 heavy (non-hydrogen) atoms. The highest BCUT2D eigenvalue weighted by atomic mass is 32.2. The Morgan fingerprint density at radius 1 is 1.38 bits per heavy atom. The molecule has 0 amide bonds. The quantitative estimate of drug-likeness (QED) is 0.399. The van der Waals surface area contributed by atoms with Gasteiger partial charge in [-0.2, -0.15) is 0 Å². The Balaban J connectivity index is 3.99. The van der Waals surface area contributed by atoms with E-state index < -0.39 is 0 Å². The van der Waals surface area contributed by atoms with Crippen molar-refractivity contribution < 1.29 is 9.53 Å². The van der Waals surface area contributed by atoms with Gasteiger partial charge in [0.25, 0.3) is 0 Å². The van der Waals surface area contributed by atoms with Crippen LogP contribution in [0, 0.1) is 5.92 Å². The van der Waals surface area contributed by atoms with Gasteiger partial charge in [-0.05, 0) is 56.9 Å². The Bertz CT molecular complexity index is 356. The molecule has 2 nitrogen and oxygen atoms in total. The molecular formula is C18H32O2S. The zero-order chi connectivity index (χ0) is 16.3. The van der Waals surface area contributed by atoms with E-state index in [0.29, 0.717) is 5.92 Å². The third-order valence-corrected chi connectivity index (χ3v) is 4.27. The molecule has 0 aliphatic heterocycles. The zero-order valence-electron chi connectivity index (χ0n) is 14.6. The first-order valence-electron chi connectivity index (χ1n) is 7.87. The molecule has 0 aromatic rings. The van der Waals surface area contributed by atoms with Crippen molar-refractivity contribution in [2.24, 2.45) is 5.92 Å². The lowest BCUT2D eigenvalue weighted by Crippen LogP contribution is -2.22. The molecule has 0 radical (unpaired) electrons. The van der Waals surface area contributed by atoms with Crippen molar-refractivity contribution in [3.8, 4) is 0 Å². The number of carbonyl (C=O) groups excluding carboxylic acids is 1. The van der Waals surface area contributed by atoms with Crippen molar-refractivity contribution in [3.05, 3.63) is 23.8 Å². The second kappa shape index (κ2) is 11.1. The summed E-state index contributed by atoms with van der Waals surface area (Å²) in [5.74, 6) is 1.50. The number of carbonyl (C=O) groups is 1. The minimum absolute atomic E-state index is 0.00775. The maximum atomic E-state index is 11.5. The number of thioether (sulfide) groups is 1. The maximum Gasteiger partial charge on any atom is 0.212 e. The van der Waals surface area contributed by atoms with Crippen molar-refractivity contribution in [2.45, 2.75) is 65.9 Å². The van der Waals surface area contributed by atoms with E-state index in [0.717, 1.165) is 24.2 Å². The van der Waals surface area contributed by atoms with Crippen LogP contribution in [0.3, 0.4) is 0 Å². The third kappa shape index (κ3) is 11.8. The summed E-state index contributed by atoms with van der Waals surface area (Å²) in [5.41, 5.74) is 1.03. The Hall–Kier alpha value is -0.540. The molecule has 0 aromatic carbocycles. The van der Waals surface area contributed by atoms with Crippen LogP contribution in [0.4, 0.5) is 0 Å². The number of rotatable bonds is 10. The molecule has 0 spiro atoms. The Morgan fingerprint density at radius 2 is 2.05 bits per heavy atom. The van der Waals surface area contributed by atoms with E-state index in [1.807, 2.05) is 13.8 Å². The van der Waals surface area contributed by atoms with Crippen molar-refractivity contribution in [2.75, 3.05) is 12.9 Å². The molecule has 0 fully saturated rings. The van der Waals surface area contributed by atoms with E-state index in [1.54, 1.807) is 13.2 Å². The van der Waals surface area contributed by atoms with Gasteiger partial charge in [-0.1, -0.05) is 50.6 Å². The summed E-state index contributed by atoms with van der Waals surface area (Å²) in [6.45, 7) is 10.5. The number of ether oxygens (including phenoxy) is 1. The van der Waals surface area contributed by atoms with Crippen LogP contribution in [0.25, 0.3) is 0 Å². The first kappa shape index (κ1) is 20.5. The summed E-state index contributed by atoms with van der Waals surface area (Å²) in [5, 5.41) is 0.148. The first-order chi connectivity index (χ1) is 9.80. The molecule has 0 aromatic heterocycles. The average Bonchev–Trinajstić information content (AvgIpc) is 2.38. The second-order valence-corrected chi connectivity index (χ2v) is 7.51. The fourth-order valence-corrected chi connectivity index (χ4v) is 2.55. The van der Waals surface area contributed by atoms with E-state index in [2.05, 4.69) is 32.9 Å². The van der Waals surface area contributed by atoms with Gasteiger partial charge in [-0.3, -0.25) is 4.79 Å². The van der Waals surface area contributed by atoms with Gasteiger partial charge in [0.1, 0.15) is 0 Å². The predicted octanol–water partition coefficient (Wildman–Crippen LogP) is 5.39. The second-order valence-electron chi connectivity index (χ2n) is 6.24. The summed E-state index contributed by atoms with van der Waals surface area (Å²) in [6, 6.07) is 0. The van der Waals surface area contributed by atoms with Gasteiger partial charge in [-0.25, -0.2) is 0 Å². The van der Waals surface area contributed by atoms with Crippen molar-refractivity contribution >= 4 is 16.9 Å². The summed E-state index contributed by atoms with van der Waals surface area (Å²) in [6.07, 6.45) is 10.5. The van der Waals surface area contributed by atoms with Gasteiger partial charge in [0, 0.05) is 7.11 Å². The molecule has 0 saturated heterocycles. The summed E-state index contributed by atoms with van der Waals surface area (Å²) < 4.78 is 5.43. The predicted molar refractivity (Wildman–Crippen MR) is 94.8 cm³/mol. The lowest BCUT2D eigenvalue weighted by atomic mass is 9.95. The first-order valence-corrected chi connectivity index (χ1v) is 8.86. The lowest BCUT2D eigenvalue weighted by Gasteiger charge is -2.23. The van der Waals surface area contributed by atoms with E-state index in [-0.39, 0.29) is 10.7 Å². The normalized spacial score (nSPS) is 14.7. The van der Waals surface area contributed by atoms with Crippen LogP contribution in [-0.2, 0) is 9.53 Å². The largest absolute Gasteiger partial charge is 0.379 e. The summed E-state index contributed by atoms with van der Waals surface area (Å²) in [7, 11) is 1.78. The molecule has 0 aliphatic carbocycles. The summed E-state index contributed by atoms with van der Waals surface area (Å²) in [4.78, 5) is 11.5. The summed E-state index contributed by atoms with van der Waals surface area (Å²) >= 11 is 1.35. The average molecular weight is 313 g/mol. The fourth-order valence-electron chi connectivity index (χ4n) is 2.00. The SMILES string of the molecule is CCSC(=O)/C=C(C)/C=C/CC(C)CCCC(C)(C)OC. The van der Waals surface area contributed by atoms with Gasteiger partial charge < -0.3 is 4.74 Å². The van der Waals surface area contributed by atoms with Crippen LogP contribution in [0.15, 0.2) is 23.8 Å². The molecule has 122 valence electrons. The monoisotopic (exact) mass is 312 g/mol. The third-order valence-electron chi connectivity index (χ3n) is 3.58. The van der Waals surface area contributed by atoms with Crippen molar-refractivity contribution in [1.82, 2.24) is 0 Å². The molecule has 0 heterocycles. The topological polar surface area (TPSA) is 26.3 Å². The lowest BCUT2D eigenvalue weighted by molar-refractivity contribution is -0.107. The van der Waals surface area contributed by atoms with Gasteiger partial charge in [0.15, 0.2) is 0 Å². The van der Waals surface area contributed by atoms with E-state index in [4.69, 9.17) is 4.74 Å². The van der Waals surface area contributed by atoms with Crippen LogP contribution < -0.4 is 0 Å².